The molecule has 0 atom stereocenters. The van der Waals surface area contributed by atoms with Gasteiger partial charge in [0.05, 0.1) is 0 Å². The summed E-state index contributed by atoms with van der Waals surface area (Å²) < 4.78 is 5.68. The van der Waals surface area contributed by atoms with Crippen LogP contribution >= 0.6 is 15.9 Å². The monoisotopic (exact) mass is 498 g/mol. The van der Waals surface area contributed by atoms with Crippen LogP contribution < -0.4 is 21.3 Å². The summed E-state index contributed by atoms with van der Waals surface area (Å²) in [5.74, 6) is -0.532. The van der Waals surface area contributed by atoms with Gasteiger partial charge in [0.1, 0.15) is 0 Å². The first-order chi connectivity index (χ1) is 15.3. The number of hydrogen-bond donors (Lipinski definition) is 4. The predicted octanol–water partition coefficient (Wildman–Crippen LogP) is 4.75. The molecule has 0 bridgehead atoms. The maximum Gasteiger partial charge on any atom is 0.319 e. The summed E-state index contributed by atoms with van der Waals surface area (Å²) in [7, 11) is 0. The Morgan fingerprint density at radius 3 is 2.31 bits per heavy atom. The minimum absolute atomic E-state index is 0.0450. The number of amides is 4. The number of carbonyl (C=O) groups is 3. The summed E-state index contributed by atoms with van der Waals surface area (Å²) in [5, 5.41) is 11.0. The molecule has 4 N–H and O–H groups in total. The van der Waals surface area contributed by atoms with Crippen molar-refractivity contribution >= 4 is 45.2 Å². The van der Waals surface area contributed by atoms with E-state index in [2.05, 4.69) is 37.2 Å². The Labute approximate surface area is 193 Å². The highest BCUT2D eigenvalue weighted by Gasteiger charge is 2.12. The minimum atomic E-state index is -0.413. The molecular formula is C23H23BrN4O4. The molecule has 0 spiro atoms. The van der Waals surface area contributed by atoms with Crippen molar-refractivity contribution in [3.63, 3.8) is 0 Å². The van der Waals surface area contributed by atoms with Crippen LogP contribution in [0.25, 0.3) is 0 Å². The molecule has 32 heavy (non-hydrogen) atoms. The maximum absolute atomic E-state index is 12.5. The average Bonchev–Trinajstić information content (AvgIpc) is 3.19. The number of hydrogen-bond acceptors (Lipinski definition) is 4. The van der Waals surface area contributed by atoms with E-state index >= 15 is 0 Å². The van der Waals surface area contributed by atoms with Crippen molar-refractivity contribution in [3.05, 3.63) is 82.2 Å². The van der Waals surface area contributed by atoms with Crippen molar-refractivity contribution in [1.82, 2.24) is 10.6 Å². The minimum Gasteiger partial charge on any atom is -0.444 e. The fraction of sp³-hybridized carbons (Fsp3) is 0.174. The molecule has 0 radical (unpaired) electrons. The number of carbonyl (C=O) groups excluding carboxylic acids is 3. The third-order valence-electron chi connectivity index (χ3n) is 4.26. The molecule has 1 heterocycles. The van der Waals surface area contributed by atoms with Crippen molar-refractivity contribution < 1.29 is 18.8 Å². The van der Waals surface area contributed by atoms with E-state index in [-0.39, 0.29) is 23.7 Å². The first kappa shape index (κ1) is 23.1. The fourth-order valence-electron chi connectivity index (χ4n) is 2.79. The van der Waals surface area contributed by atoms with Crippen LogP contribution in [-0.4, -0.2) is 23.9 Å². The normalized spacial score (nSPS) is 10.5. The zero-order chi connectivity index (χ0) is 23.1. The number of urea groups is 1. The lowest BCUT2D eigenvalue weighted by molar-refractivity contribution is 0.0949. The molecule has 2 aromatic carbocycles. The van der Waals surface area contributed by atoms with E-state index in [0.29, 0.717) is 28.2 Å². The van der Waals surface area contributed by atoms with E-state index in [1.54, 1.807) is 48.5 Å². The van der Waals surface area contributed by atoms with Crippen LogP contribution in [0, 0.1) is 0 Å². The number of rotatable bonds is 7. The van der Waals surface area contributed by atoms with Gasteiger partial charge in [-0.05, 0) is 77.8 Å². The van der Waals surface area contributed by atoms with Gasteiger partial charge < -0.3 is 25.7 Å². The van der Waals surface area contributed by atoms with Crippen molar-refractivity contribution in [2.45, 2.75) is 26.4 Å². The predicted molar refractivity (Wildman–Crippen MR) is 126 cm³/mol. The highest BCUT2D eigenvalue weighted by Crippen LogP contribution is 2.17. The molecule has 9 heteroatoms. The van der Waals surface area contributed by atoms with E-state index in [1.807, 2.05) is 26.0 Å². The number of nitrogens with one attached hydrogen (secondary N) is 4. The van der Waals surface area contributed by atoms with Gasteiger partial charge in [0.15, 0.2) is 10.4 Å². The summed E-state index contributed by atoms with van der Waals surface area (Å²) in [5.41, 5.74) is 2.42. The van der Waals surface area contributed by atoms with Gasteiger partial charge in [-0.1, -0.05) is 18.2 Å². The topological polar surface area (TPSA) is 112 Å². The lowest BCUT2D eigenvalue weighted by Crippen LogP contribution is -2.34. The Bertz CT molecular complexity index is 1110. The van der Waals surface area contributed by atoms with E-state index < -0.39 is 5.91 Å². The SMILES string of the molecule is CC(C)NC(=O)Nc1ccc(CNC(=O)c2cccc(NC(=O)c3ccc(Br)o3)c2)cc1. The molecule has 0 saturated carbocycles. The summed E-state index contributed by atoms with van der Waals surface area (Å²) >= 11 is 3.15. The first-order valence-corrected chi connectivity index (χ1v) is 10.7. The maximum atomic E-state index is 12.5. The number of furan rings is 1. The quantitative estimate of drug-likeness (QED) is 0.376. The molecule has 3 aromatic rings. The smallest absolute Gasteiger partial charge is 0.319 e. The van der Waals surface area contributed by atoms with Gasteiger partial charge in [0.2, 0.25) is 0 Å². The number of halogens is 1. The van der Waals surface area contributed by atoms with Gasteiger partial charge in [-0.3, -0.25) is 9.59 Å². The molecule has 166 valence electrons. The molecule has 8 nitrogen and oxygen atoms in total. The van der Waals surface area contributed by atoms with Gasteiger partial charge in [-0.25, -0.2) is 4.79 Å². The van der Waals surface area contributed by atoms with Gasteiger partial charge in [0, 0.05) is 29.5 Å². The van der Waals surface area contributed by atoms with Gasteiger partial charge in [-0.2, -0.15) is 0 Å². The van der Waals surface area contributed by atoms with Crippen LogP contribution in [-0.2, 0) is 6.54 Å². The largest absolute Gasteiger partial charge is 0.444 e. The van der Waals surface area contributed by atoms with Crippen molar-refractivity contribution in [2.24, 2.45) is 0 Å². The molecule has 0 aliphatic heterocycles. The Morgan fingerprint density at radius 2 is 1.66 bits per heavy atom. The lowest BCUT2D eigenvalue weighted by Gasteiger charge is -2.11. The molecule has 0 fully saturated rings. The number of anilines is 2. The van der Waals surface area contributed by atoms with Crippen LogP contribution in [0.15, 0.2) is 69.8 Å². The molecule has 0 aliphatic rings. The van der Waals surface area contributed by atoms with Crippen LogP contribution in [0.3, 0.4) is 0 Å². The Balaban J connectivity index is 1.54. The van der Waals surface area contributed by atoms with Gasteiger partial charge >= 0.3 is 6.03 Å². The highest BCUT2D eigenvalue weighted by atomic mass is 79.9. The fourth-order valence-corrected chi connectivity index (χ4v) is 3.09. The van der Waals surface area contributed by atoms with Crippen LogP contribution in [0.5, 0.6) is 0 Å². The highest BCUT2D eigenvalue weighted by molar-refractivity contribution is 9.10. The number of benzene rings is 2. The Kier molecular flexibility index (Phi) is 7.67. The third kappa shape index (κ3) is 6.71. The van der Waals surface area contributed by atoms with Crippen molar-refractivity contribution in [2.75, 3.05) is 10.6 Å². The second-order valence-electron chi connectivity index (χ2n) is 7.27. The van der Waals surface area contributed by atoms with Crippen molar-refractivity contribution in [3.8, 4) is 0 Å². The van der Waals surface area contributed by atoms with E-state index in [9.17, 15) is 14.4 Å². The van der Waals surface area contributed by atoms with Crippen LogP contribution in [0.1, 0.15) is 40.3 Å². The molecule has 3 rings (SSSR count). The zero-order valence-corrected chi connectivity index (χ0v) is 19.2. The zero-order valence-electron chi connectivity index (χ0n) is 17.6. The van der Waals surface area contributed by atoms with Crippen LogP contribution in [0.4, 0.5) is 16.2 Å². The molecular weight excluding hydrogens is 476 g/mol. The van der Waals surface area contributed by atoms with E-state index in [4.69, 9.17) is 4.42 Å². The molecule has 1 aromatic heterocycles. The van der Waals surface area contributed by atoms with E-state index in [1.165, 1.54) is 0 Å². The third-order valence-corrected chi connectivity index (χ3v) is 4.69. The van der Waals surface area contributed by atoms with Crippen molar-refractivity contribution in [1.29, 1.82) is 0 Å². The van der Waals surface area contributed by atoms with E-state index in [0.717, 1.165) is 5.56 Å². The Hall–Kier alpha value is -3.59. The summed E-state index contributed by atoms with van der Waals surface area (Å²) in [6.45, 7) is 4.08. The molecule has 0 unspecified atom stereocenters. The Morgan fingerprint density at radius 1 is 0.906 bits per heavy atom. The van der Waals surface area contributed by atoms with Gasteiger partial charge in [-0.15, -0.1) is 0 Å². The second-order valence-corrected chi connectivity index (χ2v) is 8.05. The summed E-state index contributed by atoms with van der Waals surface area (Å²) in [6, 6.07) is 16.8. The summed E-state index contributed by atoms with van der Waals surface area (Å²) in [6.07, 6.45) is 0. The summed E-state index contributed by atoms with van der Waals surface area (Å²) in [4.78, 5) is 36.5. The lowest BCUT2D eigenvalue weighted by atomic mass is 10.1. The standard InChI is InChI=1S/C23H23BrN4O4/c1-14(2)26-23(31)28-17-8-6-15(7-9-17)13-25-21(29)16-4-3-5-18(12-16)27-22(30)19-10-11-20(24)32-19/h3-12,14H,13H2,1-2H3,(H,25,29)(H,27,30)(H2,26,28,31). The molecule has 4 amide bonds. The van der Waals surface area contributed by atoms with Gasteiger partial charge in [0.25, 0.3) is 11.8 Å². The van der Waals surface area contributed by atoms with Crippen LogP contribution in [0.2, 0.25) is 0 Å². The average molecular weight is 499 g/mol. The molecule has 0 saturated heterocycles. The first-order valence-electron chi connectivity index (χ1n) is 9.91. The second kappa shape index (κ2) is 10.6. The molecule has 0 aliphatic carbocycles.